The fourth-order valence-corrected chi connectivity index (χ4v) is 2.61. The maximum absolute atomic E-state index is 11.7. The fourth-order valence-electron chi connectivity index (χ4n) is 1.29. The smallest absolute Gasteiger partial charge is 0.242 e. The molecule has 0 aliphatic rings. The summed E-state index contributed by atoms with van der Waals surface area (Å²) in [6.45, 7) is 5.68. The van der Waals surface area contributed by atoms with Crippen molar-refractivity contribution in [2.75, 3.05) is 11.9 Å². The number of carbonyl (C=O) groups is 1. The predicted molar refractivity (Wildman–Crippen MR) is 80.5 cm³/mol. The number of hydrogen-bond donors (Lipinski definition) is 2. The standard InChI is InChI=1S/C12H13BrCl2N2O/c1-3-4-16-12(18)7(2)17-11-9(14)5-8(13)6-10(11)15/h3,5-7,17H,1,4H2,2H3,(H,16,18). The Hall–Kier alpha value is -0.710. The molecular formula is C12H13BrCl2N2O. The molecule has 0 spiro atoms. The van der Waals surface area contributed by atoms with E-state index >= 15 is 0 Å². The molecule has 1 aromatic rings. The highest BCUT2D eigenvalue weighted by Gasteiger charge is 2.15. The summed E-state index contributed by atoms with van der Waals surface area (Å²) in [5.74, 6) is -0.148. The highest BCUT2D eigenvalue weighted by atomic mass is 79.9. The molecule has 0 fully saturated rings. The summed E-state index contributed by atoms with van der Waals surface area (Å²) >= 11 is 15.4. The summed E-state index contributed by atoms with van der Waals surface area (Å²) in [6.07, 6.45) is 1.62. The van der Waals surface area contributed by atoms with Crippen LogP contribution in [0, 0.1) is 0 Å². The number of carbonyl (C=O) groups excluding carboxylic acids is 1. The molecular weight excluding hydrogens is 339 g/mol. The SMILES string of the molecule is C=CCNC(=O)C(C)Nc1c(Cl)cc(Br)cc1Cl. The average molecular weight is 352 g/mol. The van der Waals surface area contributed by atoms with Gasteiger partial charge in [-0.25, -0.2) is 0 Å². The van der Waals surface area contributed by atoms with E-state index in [-0.39, 0.29) is 5.91 Å². The fraction of sp³-hybridized carbons (Fsp3) is 0.250. The third-order valence-corrected chi connectivity index (χ3v) is 3.24. The number of anilines is 1. The topological polar surface area (TPSA) is 41.1 Å². The third-order valence-electron chi connectivity index (χ3n) is 2.18. The van der Waals surface area contributed by atoms with Gasteiger partial charge in [0.2, 0.25) is 5.91 Å². The third kappa shape index (κ3) is 4.19. The summed E-state index contributed by atoms with van der Waals surface area (Å²) in [4.78, 5) is 11.7. The van der Waals surface area contributed by atoms with Gasteiger partial charge < -0.3 is 10.6 Å². The van der Waals surface area contributed by atoms with E-state index < -0.39 is 6.04 Å². The first kappa shape index (κ1) is 15.3. The first-order valence-corrected chi connectivity index (χ1v) is 6.80. The molecule has 0 saturated heterocycles. The Bertz CT molecular complexity index is 442. The average Bonchev–Trinajstić information content (AvgIpc) is 2.30. The highest BCUT2D eigenvalue weighted by molar-refractivity contribution is 9.10. The second kappa shape index (κ2) is 7.02. The van der Waals surface area contributed by atoms with Crippen LogP contribution in [0.2, 0.25) is 10.0 Å². The van der Waals surface area contributed by atoms with Gasteiger partial charge in [0, 0.05) is 11.0 Å². The molecule has 98 valence electrons. The minimum Gasteiger partial charge on any atom is -0.371 e. The Morgan fingerprint density at radius 3 is 2.56 bits per heavy atom. The molecule has 1 rings (SSSR count). The van der Waals surface area contributed by atoms with Crippen molar-refractivity contribution in [2.24, 2.45) is 0 Å². The minimum absolute atomic E-state index is 0.148. The summed E-state index contributed by atoms with van der Waals surface area (Å²) in [5.41, 5.74) is 0.544. The van der Waals surface area contributed by atoms with Gasteiger partial charge >= 0.3 is 0 Å². The molecule has 18 heavy (non-hydrogen) atoms. The number of rotatable bonds is 5. The van der Waals surface area contributed by atoms with Crippen molar-refractivity contribution >= 4 is 50.7 Å². The lowest BCUT2D eigenvalue weighted by atomic mass is 10.2. The van der Waals surface area contributed by atoms with Gasteiger partial charge in [-0.15, -0.1) is 6.58 Å². The van der Waals surface area contributed by atoms with Crippen molar-refractivity contribution < 1.29 is 4.79 Å². The zero-order valence-electron chi connectivity index (χ0n) is 9.77. The van der Waals surface area contributed by atoms with Crippen molar-refractivity contribution in [3.05, 3.63) is 39.3 Å². The molecule has 0 radical (unpaired) electrons. The Balaban J connectivity index is 2.78. The number of nitrogens with one attached hydrogen (secondary N) is 2. The molecule has 0 aromatic heterocycles. The van der Waals surface area contributed by atoms with Gasteiger partial charge in [-0.05, 0) is 19.1 Å². The van der Waals surface area contributed by atoms with Crippen molar-refractivity contribution in [3.63, 3.8) is 0 Å². The largest absolute Gasteiger partial charge is 0.371 e. The van der Waals surface area contributed by atoms with Crippen LogP contribution in [0.3, 0.4) is 0 Å². The van der Waals surface area contributed by atoms with Crippen LogP contribution in [-0.2, 0) is 4.79 Å². The summed E-state index contributed by atoms with van der Waals surface area (Å²) in [5, 5.41) is 6.58. The van der Waals surface area contributed by atoms with Crippen molar-refractivity contribution in [3.8, 4) is 0 Å². The van der Waals surface area contributed by atoms with Crippen LogP contribution in [-0.4, -0.2) is 18.5 Å². The zero-order chi connectivity index (χ0) is 13.7. The first-order valence-electron chi connectivity index (χ1n) is 5.25. The van der Waals surface area contributed by atoms with E-state index in [1.807, 2.05) is 0 Å². The highest BCUT2D eigenvalue weighted by Crippen LogP contribution is 2.34. The molecule has 6 heteroatoms. The van der Waals surface area contributed by atoms with Crippen molar-refractivity contribution in [1.82, 2.24) is 5.32 Å². The number of benzene rings is 1. The quantitative estimate of drug-likeness (QED) is 0.791. The lowest BCUT2D eigenvalue weighted by Crippen LogP contribution is -2.37. The van der Waals surface area contributed by atoms with E-state index in [0.29, 0.717) is 22.3 Å². The molecule has 1 unspecified atom stereocenters. The molecule has 3 nitrogen and oxygen atoms in total. The van der Waals surface area contributed by atoms with Crippen LogP contribution >= 0.6 is 39.1 Å². The molecule has 1 atom stereocenters. The molecule has 2 N–H and O–H groups in total. The van der Waals surface area contributed by atoms with Gasteiger partial charge in [0.05, 0.1) is 15.7 Å². The first-order chi connectivity index (χ1) is 8.45. The molecule has 0 aliphatic heterocycles. The second-order valence-corrected chi connectivity index (χ2v) is 5.37. The summed E-state index contributed by atoms with van der Waals surface area (Å²) in [7, 11) is 0. The van der Waals surface area contributed by atoms with E-state index in [4.69, 9.17) is 23.2 Å². The Labute approximate surface area is 125 Å². The van der Waals surface area contributed by atoms with Gasteiger partial charge in [0.1, 0.15) is 6.04 Å². The molecule has 0 bridgehead atoms. The zero-order valence-corrected chi connectivity index (χ0v) is 12.9. The maximum Gasteiger partial charge on any atom is 0.242 e. The van der Waals surface area contributed by atoms with E-state index in [1.165, 1.54) is 0 Å². The van der Waals surface area contributed by atoms with Crippen LogP contribution in [0.25, 0.3) is 0 Å². The molecule has 0 heterocycles. The van der Waals surface area contributed by atoms with E-state index in [9.17, 15) is 4.79 Å². The number of hydrogen-bond acceptors (Lipinski definition) is 2. The second-order valence-electron chi connectivity index (χ2n) is 3.64. The van der Waals surface area contributed by atoms with Crippen LogP contribution in [0.1, 0.15) is 6.92 Å². The van der Waals surface area contributed by atoms with Crippen LogP contribution in [0.4, 0.5) is 5.69 Å². The minimum atomic E-state index is -0.443. The van der Waals surface area contributed by atoms with E-state index in [2.05, 4.69) is 33.1 Å². The van der Waals surface area contributed by atoms with Gasteiger partial charge in [-0.2, -0.15) is 0 Å². The monoisotopic (exact) mass is 350 g/mol. The summed E-state index contributed by atoms with van der Waals surface area (Å²) in [6, 6.07) is 2.98. The van der Waals surface area contributed by atoms with Crippen LogP contribution in [0.5, 0.6) is 0 Å². The van der Waals surface area contributed by atoms with Crippen molar-refractivity contribution in [2.45, 2.75) is 13.0 Å². The van der Waals surface area contributed by atoms with Gasteiger partial charge in [0.25, 0.3) is 0 Å². The number of amides is 1. The Morgan fingerprint density at radius 1 is 1.50 bits per heavy atom. The Morgan fingerprint density at radius 2 is 2.06 bits per heavy atom. The van der Waals surface area contributed by atoms with Gasteiger partial charge in [-0.3, -0.25) is 4.79 Å². The Kier molecular flexibility index (Phi) is 5.99. The van der Waals surface area contributed by atoms with Gasteiger partial charge in [-0.1, -0.05) is 45.2 Å². The summed E-state index contributed by atoms with van der Waals surface area (Å²) < 4.78 is 0.784. The molecule has 1 aromatic carbocycles. The lowest BCUT2D eigenvalue weighted by Gasteiger charge is -2.17. The van der Waals surface area contributed by atoms with Crippen LogP contribution < -0.4 is 10.6 Å². The predicted octanol–water partition coefficient (Wildman–Crippen LogP) is 3.86. The maximum atomic E-state index is 11.7. The van der Waals surface area contributed by atoms with Crippen LogP contribution in [0.15, 0.2) is 29.3 Å². The van der Waals surface area contributed by atoms with Crippen molar-refractivity contribution in [1.29, 1.82) is 0 Å². The number of halogens is 3. The van der Waals surface area contributed by atoms with E-state index in [1.54, 1.807) is 25.1 Å². The van der Waals surface area contributed by atoms with Gasteiger partial charge in [0.15, 0.2) is 0 Å². The molecule has 0 saturated carbocycles. The molecule has 1 amide bonds. The molecule has 0 aliphatic carbocycles. The normalized spacial score (nSPS) is 11.8. The lowest BCUT2D eigenvalue weighted by molar-refractivity contribution is -0.121. The van der Waals surface area contributed by atoms with E-state index in [0.717, 1.165) is 4.47 Å².